The zero-order chi connectivity index (χ0) is 15.1. The second-order valence-corrected chi connectivity index (χ2v) is 5.23. The lowest BCUT2D eigenvalue weighted by atomic mass is 10.2. The molecule has 0 saturated carbocycles. The normalized spacial score (nSPS) is 11.5. The van der Waals surface area contributed by atoms with Crippen LogP contribution < -0.4 is 5.32 Å². The van der Waals surface area contributed by atoms with E-state index in [1.807, 2.05) is 61.2 Å². The van der Waals surface area contributed by atoms with Gasteiger partial charge in [0.05, 0.1) is 19.3 Å². The van der Waals surface area contributed by atoms with E-state index in [1.54, 1.807) is 0 Å². The average Bonchev–Trinajstić information content (AvgIpc) is 2.89. The largest absolute Gasteiger partial charge is 0.354 e. The molecule has 2 rings (SSSR count). The highest BCUT2D eigenvalue weighted by Gasteiger charge is 2.01. The van der Waals surface area contributed by atoms with Gasteiger partial charge < -0.3 is 10.2 Å². The lowest BCUT2D eigenvalue weighted by Gasteiger charge is -2.17. The standard InChI is InChI=1S/C16H23N5/c1-14-11-19-21(13-14)10-9-17-16(20(2)3)18-12-15-7-5-4-6-8-15/h4-8,11,13H,9-10,12H2,1-3H3,(H,17,18). The van der Waals surface area contributed by atoms with Crippen LogP contribution in [0.1, 0.15) is 11.1 Å². The zero-order valence-electron chi connectivity index (χ0n) is 13.0. The molecule has 1 N–H and O–H groups in total. The Morgan fingerprint density at radius 1 is 1.29 bits per heavy atom. The van der Waals surface area contributed by atoms with E-state index in [-0.39, 0.29) is 0 Å². The molecule has 1 heterocycles. The van der Waals surface area contributed by atoms with Crippen LogP contribution in [0.25, 0.3) is 0 Å². The van der Waals surface area contributed by atoms with E-state index < -0.39 is 0 Å². The Bertz CT molecular complexity index is 571. The lowest BCUT2D eigenvalue weighted by Crippen LogP contribution is -2.38. The van der Waals surface area contributed by atoms with E-state index in [2.05, 4.69) is 27.5 Å². The molecular formula is C16H23N5. The maximum atomic E-state index is 4.63. The van der Waals surface area contributed by atoms with Gasteiger partial charge in [-0.2, -0.15) is 5.10 Å². The number of aryl methyl sites for hydroxylation is 1. The topological polar surface area (TPSA) is 45.5 Å². The van der Waals surface area contributed by atoms with Gasteiger partial charge in [0.25, 0.3) is 0 Å². The molecular weight excluding hydrogens is 262 g/mol. The number of aromatic nitrogens is 2. The summed E-state index contributed by atoms with van der Waals surface area (Å²) in [5, 5.41) is 7.64. The Kier molecular flexibility index (Phi) is 5.37. The maximum absolute atomic E-state index is 4.63. The van der Waals surface area contributed by atoms with Crippen molar-refractivity contribution in [1.29, 1.82) is 0 Å². The smallest absolute Gasteiger partial charge is 0.193 e. The molecule has 0 radical (unpaired) electrons. The number of nitrogens with one attached hydrogen (secondary N) is 1. The van der Waals surface area contributed by atoms with Crippen molar-refractivity contribution in [2.45, 2.75) is 20.0 Å². The third-order valence-corrected chi connectivity index (χ3v) is 3.06. The summed E-state index contributed by atoms with van der Waals surface area (Å²) < 4.78 is 1.94. The van der Waals surface area contributed by atoms with Crippen molar-refractivity contribution < 1.29 is 0 Å². The van der Waals surface area contributed by atoms with Crippen LogP contribution in [0, 0.1) is 6.92 Å². The number of hydrogen-bond acceptors (Lipinski definition) is 2. The Hall–Kier alpha value is -2.30. The van der Waals surface area contributed by atoms with Crippen molar-refractivity contribution >= 4 is 5.96 Å². The van der Waals surface area contributed by atoms with Crippen LogP contribution in [-0.4, -0.2) is 41.3 Å². The highest BCUT2D eigenvalue weighted by molar-refractivity contribution is 5.79. The fourth-order valence-corrected chi connectivity index (χ4v) is 1.98. The van der Waals surface area contributed by atoms with Crippen molar-refractivity contribution in [2.75, 3.05) is 20.6 Å². The number of nitrogens with zero attached hydrogens (tertiary/aromatic N) is 4. The van der Waals surface area contributed by atoms with Crippen molar-refractivity contribution in [1.82, 2.24) is 20.0 Å². The second-order valence-electron chi connectivity index (χ2n) is 5.23. The minimum Gasteiger partial charge on any atom is -0.354 e. The molecule has 0 atom stereocenters. The first-order valence-corrected chi connectivity index (χ1v) is 7.14. The van der Waals surface area contributed by atoms with Gasteiger partial charge in [-0.15, -0.1) is 0 Å². The van der Waals surface area contributed by atoms with E-state index in [0.29, 0.717) is 6.54 Å². The van der Waals surface area contributed by atoms with Crippen LogP contribution in [0.4, 0.5) is 0 Å². The predicted octanol–water partition coefficient (Wildman–Crippen LogP) is 1.90. The summed E-state index contributed by atoms with van der Waals surface area (Å²) in [6.45, 7) is 4.35. The molecule has 0 fully saturated rings. The first-order valence-electron chi connectivity index (χ1n) is 7.14. The van der Waals surface area contributed by atoms with E-state index in [0.717, 1.165) is 19.0 Å². The van der Waals surface area contributed by atoms with Gasteiger partial charge in [0.1, 0.15) is 0 Å². The minimum absolute atomic E-state index is 0.683. The second kappa shape index (κ2) is 7.47. The number of benzene rings is 1. The molecule has 0 spiro atoms. The SMILES string of the molecule is Cc1cnn(CCNC(=NCc2ccccc2)N(C)C)c1. The summed E-state index contributed by atoms with van der Waals surface area (Å²) in [5.74, 6) is 0.891. The van der Waals surface area contributed by atoms with Crippen LogP contribution in [0.15, 0.2) is 47.7 Å². The molecule has 5 nitrogen and oxygen atoms in total. The van der Waals surface area contributed by atoms with E-state index in [9.17, 15) is 0 Å². The molecule has 1 aromatic carbocycles. The quantitative estimate of drug-likeness (QED) is 0.674. The van der Waals surface area contributed by atoms with Gasteiger partial charge in [0, 0.05) is 26.8 Å². The van der Waals surface area contributed by atoms with Gasteiger partial charge in [-0.1, -0.05) is 30.3 Å². The molecule has 0 saturated heterocycles. The summed E-state index contributed by atoms with van der Waals surface area (Å²) in [5.41, 5.74) is 2.39. The summed E-state index contributed by atoms with van der Waals surface area (Å²) >= 11 is 0. The van der Waals surface area contributed by atoms with Gasteiger partial charge in [0.15, 0.2) is 5.96 Å². The molecule has 112 valence electrons. The van der Waals surface area contributed by atoms with E-state index in [4.69, 9.17) is 0 Å². The van der Waals surface area contributed by atoms with E-state index >= 15 is 0 Å². The zero-order valence-corrected chi connectivity index (χ0v) is 13.0. The summed E-state index contributed by atoms with van der Waals surface area (Å²) in [6.07, 6.45) is 3.91. The first kappa shape index (κ1) is 15.1. The Morgan fingerprint density at radius 3 is 2.67 bits per heavy atom. The van der Waals surface area contributed by atoms with Crippen molar-refractivity contribution in [3.8, 4) is 0 Å². The summed E-state index contributed by atoms with van der Waals surface area (Å²) in [7, 11) is 3.99. The average molecular weight is 285 g/mol. The van der Waals surface area contributed by atoms with Gasteiger partial charge in [-0.05, 0) is 18.1 Å². The van der Waals surface area contributed by atoms with Crippen LogP contribution >= 0.6 is 0 Å². The molecule has 0 amide bonds. The van der Waals surface area contributed by atoms with Crippen molar-refractivity contribution in [3.63, 3.8) is 0 Å². The number of rotatable bonds is 5. The molecule has 0 aliphatic heterocycles. The van der Waals surface area contributed by atoms with Crippen LogP contribution in [0.2, 0.25) is 0 Å². The minimum atomic E-state index is 0.683. The molecule has 2 aromatic rings. The van der Waals surface area contributed by atoms with Crippen LogP contribution in [0.3, 0.4) is 0 Å². The first-order chi connectivity index (χ1) is 10.1. The Morgan fingerprint density at radius 2 is 2.05 bits per heavy atom. The summed E-state index contributed by atoms with van der Waals surface area (Å²) in [6, 6.07) is 10.3. The molecule has 21 heavy (non-hydrogen) atoms. The monoisotopic (exact) mass is 285 g/mol. The molecule has 0 bridgehead atoms. The predicted molar refractivity (Wildman–Crippen MR) is 86.2 cm³/mol. The number of guanidine groups is 1. The molecule has 0 aliphatic rings. The molecule has 5 heteroatoms. The number of hydrogen-bond donors (Lipinski definition) is 1. The van der Waals surface area contributed by atoms with Gasteiger partial charge in [0.2, 0.25) is 0 Å². The molecule has 0 unspecified atom stereocenters. The number of aliphatic imine (C=N–C) groups is 1. The van der Waals surface area contributed by atoms with E-state index in [1.165, 1.54) is 11.1 Å². The highest BCUT2D eigenvalue weighted by atomic mass is 15.3. The lowest BCUT2D eigenvalue weighted by molar-refractivity contribution is 0.548. The summed E-state index contributed by atoms with van der Waals surface area (Å²) in [4.78, 5) is 6.63. The third-order valence-electron chi connectivity index (χ3n) is 3.06. The molecule has 1 aromatic heterocycles. The van der Waals surface area contributed by atoms with Crippen molar-refractivity contribution in [2.24, 2.45) is 4.99 Å². The third kappa shape index (κ3) is 4.95. The molecule has 0 aliphatic carbocycles. The Labute approximate surface area is 126 Å². The van der Waals surface area contributed by atoms with Gasteiger partial charge in [-0.25, -0.2) is 4.99 Å². The van der Waals surface area contributed by atoms with Crippen LogP contribution in [0.5, 0.6) is 0 Å². The van der Waals surface area contributed by atoms with Gasteiger partial charge >= 0.3 is 0 Å². The fourth-order valence-electron chi connectivity index (χ4n) is 1.98. The van der Waals surface area contributed by atoms with Gasteiger partial charge in [-0.3, -0.25) is 4.68 Å². The fraction of sp³-hybridized carbons (Fsp3) is 0.375. The highest BCUT2D eigenvalue weighted by Crippen LogP contribution is 2.00. The maximum Gasteiger partial charge on any atom is 0.193 e. The van der Waals surface area contributed by atoms with Crippen LogP contribution in [-0.2, 0) is 13.1 Å². The van der Waals surface area contributed by atoms with Crippen molar-refractivity contribution in [3.05, 3.63) is 53.9 Å². The Balaban J connectivity index is 1.87.